The molecule has 3 aliphatic rings. The molecule has 8 rings (SSSR count). The molecule has 0 fully saturated rings. The van der Waals surface area contributed by atoms with Gasteiger partial charge in [-0.3, -0.25) is 9.36 Å². The van der Waals surface area contributed by atoms with E-state index in [1.807, 2.05) is 83.4 Å². The number of aromatic nitrogens is 1. The molecule has 1 unspecified atom stereocenters. The van der Waals surface area contributed by atoms with Crippen LogP contribution in [-0.4, -0.2) is 11.4 Å². The van der Waals surface area contributed by atoms with Gasteiger partial charge in [0, 0.05) is 10.6 Å². The Bertz CT molecular complexity index is 2110. The van der Waals surface area contributed by atoms with Gasteiger partial charge in [-0.05, 0) is 77.1 Å². The van der Waals surface area contributed by atoms with Crippen LogP contribution in [-0.2, 0) is 13.0 Å². The third kappa shape index (κ3) is 4.65. The van der Waals surface area contributed by atoms with Crippen LogP contribution in [0.4, 0.5) is 0 Å². The number of allylic oxidation sites excluding steroid dienone is 1. The molecule has 0 radical (unpaired) electrons. The summed E-state index contributed by atoms with van der Waals surface area (Å²) in [6, 6.07) is 29.4. The average Bonchev–Trinajstić information content (AvgIpc) is 3.63. The Morgan fingerprint density at radius 3 is 2.65 bits per heavy atom. The van der Waals surface area contributed by atoms with E-state index in [1.54, 1.807) is 0 Å². The second-order valence-corrected chi connectivity index (χ2v) is 12.1. The first-order chi connectivity index (χ1) is 21.1. The first kappa shape index (κ1) is 26.1. The van der Waals surface area contributed by atoms with Gasteiger partial charge >= 0.3 is 0 Å². The van der Waals surface area contributed by atoms with Crippen LogP contribution in [0.3, 0.4) is 0 Å². The highest BCUT2D eigenvalue weighted by atomic mass is 35.5. The Morgan fingerprint density at radius 2 is 1.77 bits per heavy atom. The van der Waals surface area contributed by atoms with E-state index in [2.05, 4.69) is 18.2 Å². The topological polar surface area (TPSA) is 62.1 Å². The number of nitrogens with zero attached hydrogens (tertiary/aromatic N) is 2. The zero-order valence-corrected chi connectivity index (χ0v) is 24.5. The van der Waals surface area contributed by atoms with Gasteiger partial charge in [0.15, 0.2) is 16.3 Å². The first-order valence-electron chi connectivity index (χ1n) is 14.1. The molecule has 1 atom stereocenters. The van der Waals surface area contributed by atoms with E-state index < -0.39 is 0 Å². The maximum Gasteiger partial charge on any atom is 0.271 e. The number of fused-ring (bicyclic) bond motifs is 4. The molecule has 0 saturated carbocycles. The van der Waals surface area contributed by atoms with Crippen molar-refractivity contribution in [3.05, 3.63) is 149 Å². The van der Waals surface area contributed by atoms with Crippen LogP contribution in [0.2, 0.25) is 5.02 Å². The lowest BCUT2D eigenvalue weighted by molar-refractivity contribution is 0.174. The van der Waals surface area contributed by atoms with Gasteiger partial charge in [-0.15, -0.1) is 0 Å². The standard InChI is InChI=1S/C35H25ClN2O4S/c36-28-8-4-3-7-26(28)33-27-15-12-23-5-1-2-6-25(23)32(27)37-35-38(33)34(39)31(43-35)18-21-9-13-24(14-10-21)40-19-22-11-16-29-30(17-22)42-20-41-29/h1-11,13-14,16-18,33H,12,15,19-20H2. The highest BCUT2D eigenvalue weighted by Gasteiger charge is 2.33. The molecule has 0 saturated heterocycles. The van der Waals surface area contributed by atoms with Gasteiger partial charge in [0.2, 0.25) is 6.79 Å². The Kier molecular flexibility index (Phi) is 6.42. The van der Waals surface area contributed by atoms with Crippen molar-refractivity contribution in [2.75, 3.05) is 6.79 Å². The molecular formula is C35H25ClN2O4S. The van der Waals surface area contributed by atoms with E-state index in [9.17, 15) is 4.79 Å². The molecule has 43 heavy (non-hydrogen) atoms. The highest BCUT2D eigenvalue weighted by molar-refractivity contribution is 7.07. The van der Waals surface area contributed by atoms with Crippen molar-refractivity contribution in [1.29, 1.82) is 0 Å². The number of hydrogen-bond donors (Lipinski definition) is 0. The molecule has 3 heterocycles. The summed E-state index contributed by atoms with van der Waals surface area (Å²) in [6.45, 7) is 0.653. The first-order valence-corrected chi connectivity index (χ1v) is 15.3. The van der Waals surface area contributed by atoms with E-state index in [4.69, 9.17) is 30.8 Å². The fraction of sp³-hybridized carbons (Fsp3) is 0.143. The minimum absolute atomic E-state index is 0.0674. The smallest absolute Gasteiger partial charge is 0.271 e. The summed E-state index contributed by atoms with van der Waals surface area (Å²) in [7, 11) is 0. The third-order valence-corrected chi connectivity index (χ3v) is 9.42. The number of hydrogen-bond acceptors (Lipinski definition) is 6. The van der Waals surface area contributed by atoms with Crippen LogP contribution in [0, 0.1) is 0 Å². The molecule has 0 spiro atoms. The second kappa shape index (κ2) is 10.6. The quantitative estimate of drug-likeness (QED) is 0.237. The summed E-state index contributed by atoms with van der Waals surface area (Å²) in [6.07, 6.45) is 3.65. The van der Waals surface area contributed by atoms with Crippen LogP contribution < -0.4 is 29.1 Å². The normalized spacial score (nSPS) is 16.8. The predicted molar refractivity (Wildman–Crippen MR) is 168 cm³/mol. The molecule has 2 aliphatic heterocycles. The van der Waals surface area contributed by atoms with Crippen molar-refractivity contribution in [3.63, 3.8) is 0 Å². The van der Waals surface area contributed by atoms with Crippen molar-refractivity contribution in [2.45, 2.75) is 25.5 Å². The number of ether oxygens (including phenoxy) is 3. The van der Waals surface area contributed by atoms with E-state index in [0.29, 0.717) is 21.0 Å². The van der Waals surface area contributed by atoms with Crippen LogP contribution in [0.1, 0.15) is 40.3 Å². The SMILES string of the molecule is O=c1c(=Cc2ccc(OCc3ccc4c(c3)OCO4)cc2)sc2n1C(c1ccccc1Cl)C1=C(N=2)c2ccccc2CC1. The van der Waals surface area contributed by atoms with Gasteiger partial charge in [-0.25, -0.2) is 4.99 Å². The van der Waals surface area contributed by atoms with Crippen molar-refractivity contribution in [3.8, 4) is 17.2 Å². The number of halogens is 1. The van der Waals surface area contributed by atoms with E-state index in [1.165, 1.54) is 16.9 Å². The lowest BCUT2D eigenvalue weighted by Crippen LogP contribution is -2.38. The largest absolute Gasteiger partial charge is 0.489 e. The van der Waals surface area contributed by atoms with E-state index in [-0.39, 0.29) is 18.4 Å². The summed E-state index contributed by atoms with van der Waals surface area (Å²) in [5.41, 5.74) is 7.26. The minimum atomic E-state index is -0.303. The van der Waals surface area contributed by atoms with Crippen molar-refractivity contribution in [1.82, 2.24) is 4.57 Å². The fourth-order valence-electron chi connectivity index (χ4n) is 6.00. The molecular weight excluding hydrogens is 580 g/mol. The average molecular weight is 605 g/mol. The highest BCUT2D eigenvalue weighted by Crippen LogP contribution is 2.42. The molecule has 0 bridgehead atoms. The number of rotatable bonds is 5. The van der Waals surface area contributed by atoms with Crippen LogP contribution in [0.5, 0.6) is 17.2 Å². The second-order valence-electron chi connectivity index (χ2n) is 10.7. The van der Waals surface area contributed by atoms with Crippen molar-refractivity contribution < 1.29 is 14.2 Å². The Hall–Kier alpha value is -4.59. The number of benzene rings is 4. The molecule has 8 heteroatoms. The minimum Gasteiger partial charge on any atom is -0.489 e. The summed E-state index contributed by atoms with van der Waals surface area (Å²) in [4.78, 5) is 19.8. The number of thiazole rings is 1. The lowest BCUT2D eigenvalue weighted by atomic mass is 9.83. The predicted octanol–water partition coefficient (Wildman–Crippen LogP) is 6.28. The molecule has 6 nitrogen and oxygen atoms in total. The zero-order chi connectivity index (χ0) is 28.9. The summed E-state index contributed by atoms with van der Waals surface area (Å²) in [5.74, 6) is 2.22. The van der Waals surface area contributed by atoms with Gasteiger partial charge in [0.05, 0.1) is 16.3 Å². The summed E-state index contributed by atoms with van der Waals surface area (Å²) >= 11 is 8.16. The van der Waals surface area contributed by atoms with Gasteiger partial charge in [0.25, 0.3) is 5.56 Å². The monoisotopic (exact) mass is 604 g/mol. The molecule has 0 amide bonds. The van der Waals surface area contributed by atoms with Crippen LogP contribution >= 0.6 is 22.9 Å². The molecule has 1 aliphatic carbocycles. The third-order valence-electron chi connectivity index (χ3n) is 8.09. The Labute approximate surface area is 256 Å². The van der Waals surface area contributed by atoms with Crippen LogP contribution in [0.15, 0.2) is 106 Å². The summed E-state index contributed by atoms with van der Waals surface area (Å²) < 4.78 is 19.3. The number of aryl methyl sites for hydroxylation is 1. The van der Waals surface area contributed by atoms with E-state index >= 15 is 0 Å². The molecule has 1 aromatic heterocycles. The zero-order valence-electron chi connectivity index (χ0n) is 23.0. The van der Waals surface area contributed by atoms with Gasteiger partial charge in [-0.1, -0.05) is 83.6 Å². The van der Waals surface area contributed by atoms with Gasteiger partial charge in [-0.2, -0.15) is 0 Å². The lowest BCUT2D eigenvalue weighted by Gasteiger charge is -2.31. The molecule has 5 aromatic rings. The van der Waals surface area contributed by atoms with Gasteiger partial charge in [0.1, 0.15) is 12.4 Å². The summed E-state index contributed by atoms with van der Waals surface area (Å²) in [5, 5.41) is 0.644. The Morgan fingerprint density at radius 1 is 0.953 bits per heavy atom. The van der Waals surface area contributed by atoms with Crippen molar-refractivity contribution in [2.24, 2.45) is 4.99 Å². The molecule has 4 aromatic carbocycles. The van der Waals surface area contributed by atoms with Gasteiger partial charge < -0.3 is 14.2 Å². The van der Waals surface area contributed by atoms with E-state index in [0.717, 1.165) is 63.6 Å². The maximum atomic E-state index is 14.0. The molecule has 0 N–H and O–H groups in total. The maximum absolute atomic E-state index is 14.0. The van der Waals surface area contributed by atoms with Crippen LogP contribution in [0.25, 0.3) is 11.8 Å². The van der Waals surface area contributed by atoms with Crippen molar-refractivity contribution >= 4 is 34.7 Å². The molecule has 212 valence electrons. The fourth-order valence-corrected chi connectivity index (χ4v) is 7.24. The Balaban J connectivity index is 1.14.